The highest BCUT2D eigenvalue weighted by Crippen LogP contribution is 2.38. The van der Waals surface area contributed by atoms with Gasteiger partial charge in [-0.05, 0) is 58.2 Å². The van der Waals surface area contributed by atoms with E-state index in [0.717, 1.165) is 29.8 Å². The van der Waals surface area contributed by atoms with Crippen LogP contribution in [0.15, 0.2) is 11.6 Å². The second-order valence-electron chi connectivity index (χ2n) is 6.85. The number of nitriles is 1. The maximum atomic E-state index is 12.1. The molecule has 2 rings (SSSR count). The van der Waals surface area contributed by atoms with Gasteiger partial charge in [0.05, 0.1) is 0 Å². The van der Waals surface area contributed by atoms with Crippen LogP contribution in [0.2, 0.25) is 0 Å². The number of aromatic nitrogens is 1. The van der Waals surface area contributed by atoms with Crippen LogP contribution in [-0.4, -0.2) is 35.1 Å². The van der Waals surface area contributed by atoms with Crippen LogP contribution in [-0.2, 0) is 14.3 Å². The van der Waals surface area contributed by atoms with E-state index in [1.807, 2.05) is 31.3 Å². The molecule has 8 nitrogen and oxygen atoms in total. The average molecular weight is 372 g/mol. The first-order valence-corrected chi connectivity index (χ1v) is 8.80. The van der Waals surface area contributed by atoms with Crippen molar-refractivity contribution in [2.24, 2.45) is 0 Å². The molecule has 8 heteroatoms. The van der Waals surface area contributed by atoms with E-state index < -0.39 is 24.5 Å². The molecular weight excluding hydrogens is 348 g/mol. The van der Waals surface area contributed by atoms with E-state index in [1.165, 1.54) is 6.08 Å². The maximum Gasteiger partial charge on any atom is 0.349 e. The number of urea groups is 1. The summed E-state index contributed by atoms with van der Waals surface area (Å²) < 4.78 is 7.04. The van der Waals surface area contributed by atoms with Gasteiger partial charge in [-0.1, -0.05) is 0 Å². The Labute approximate surface area is 158 Å². The Morgan fingerprint density at radius 3 is 2.59 bits per heavy atom. The van der Waals surface area contributed by atoms with E-state index in [9.17, 15) is 19.6 Å². The predicted octanol–water partition coefficient (Wildman–Crippen LogP) is 2.12. The molecular formula is C19H24N4O4. The van der Waals surface area contributed by atoms with Crippen molar-refractivity contribution in [3.63, 3.8) is 0 Å². The summed E-state index contributed by atoms with van der Waals surface area (Å²) in [5, 5.41) is 13.8. The average Bonchev–Trinajstić information content (AvgIpc) is 3.36. The fourth-order valence-electron chi connectivity index (χ4n) is 2.81. The molecule has 1 aliphatic rings. The van der Waals surface area contributed by atoms with Crippen molar-refractivity contribution in [1.82, 2.24) is 15.2 Å². The molecule has 0 radical (unpaired) electrons. The van der Waals surface area contributed by atoms with Crippen molar-refractivity contribution in [2.75, 3.05) is 6.61 Å². The van der Waals surface area contributed by atoms with Gasteiger partial charge in [-0.25, -0.2) is 9.59 Å². The summed E-state index contributed by atoms with van der Waals surface area (Å²) in [6.07, 6.45) is 3.73. The van der Waals surface area contributed by atoms with Crippen molar-refractivity contribution in [3.05, 3.63) is 28.6 Å². The lowest BCUT2D eigenvalue weighted by molar-refractivity contribution is -0.144. The number of aryl methyl sites for hydroxylation is 1. The molecule has 0 unspecified atom stereocenters. The highest BCUT2D eigenvalue weighted by atomic mass is 16.5. The van der Waals surface area contributed by atoms with Gasteiger partial charge >= 0.3 is 12.0 Å². The van der Waals surface area contributed by atoms with Crippen molar-refractivity contribution in [1.29, 1.82) is 5.26 Å². The number of hydrogen-bond acceptors (Lipinski definition) is 5. The third-order valence-electron chi connectivity index (χ3n) is 4.08. The summed E-state index contributed by atoms with van der Waals surface area (Å²) in [5.74, 6) is -1.68. The van der Waals surface area contributed by atoms with Gasteiger partial charge in [0.1, 0.15) is 11.6 Å². The lowest BCUT2D eigenvalue weighted by atomic mass is 10.1. The third-order valence-corrected chi connectivity index (χ3v) is 4.08. The van der Waals surface area contributed by atoms with Crippen LogP contribution in [0.5, 0.6) is 0 Å². The fourth-order valence-corrected chi connectivity index (χ4v) is 2.81. The van der Waals surface area contributed by atoms with Crippen LogP contribution in [0.3, 0.4) is 0 Å². The molecule has 1 heterocycles. The van der Waals surface area contributed by atoms with Gasteiger partial charge in [0, 0.05) is 23.5 Å². The van der Waals surface area contributed by atoms with Gasteiger partial charge < -0.3 is 14.6 Å². The minimum Gasteiger partial charge on any atom is -0.451 e. The number of carbonyl (C=O) groups is 3. The molecule has 144 valence electrons. The van der Waals surface area contributed by atoms with Crippen LogP contribution in [0.25, 0.3) is 6.08 Å². The zero-order valence-corrected chi connectivity index (χ0v) is 16.0. The Balaban J connectivity index is 1.99. The number of imide groups is 1. The summed E-state index contributed by atoms with van der Waals surface area (Å²) in [6, 6.07) is 3.41. The summed E-state index contributed by atoms with van der Waals surface area (Å²) in [4.78, 5) is 35.2. The zero-order chi connectivity index (χ0) is 20.1. The van der Waals surface area contributed by atoms with E-state index in [1.54, 1.807) is 13.8 Å². The van der Waals surface area contributed by atoms with Crippen molar-refractivity contribution < 1.29 is 19.1 Å². The molecule has 0 aliphatic heterocycles. The summed E-state index contributed by atoms with van der Waals surface area (Å²) in [5.41, 5.74) is 2.63. The highest BCUT2D eigenvalue weighted by molar-refractivity contribution is 6.00. The van der Waals surface area contributed by atoms with Gasteiger partial charge in [0.25, 0.3) is 5.91 Å². The maximum absolute atomic E-state index is 12.1. The molecule has 1 aromatic rings. The molecule has 1 aliphatic carbocycles. The molecule has 0 saturated heterocycles. The lowest BCUT2D eigenvalue weighted by Gasteiger charge is -2.09. The van der Waals surface area contributed by atoms with Gasteiger partial charge in [0.2, 0.25) is 0 Å². The normalized spacial score (nSPS) is 13.9. The molecule has 3 amide bonds. The number of carbonyl (C=O) groups excluding carboxylic acids is 3. The van der Waals surface area contributed by atoms with E-state index in [0.29, 0.717) is 6.04 Å². The zero-order valence-electron chi connectivity index (χ0n) is 16.0. The molecule has 27 heavy (non-hydrogen) atoms. The molecule has 1 fully saturated rings. The second kappa shape index (κ2) is 8.54. The van der Waals surface area contributed by atoms with Crippen molar-refractivity contribution in [3.8, 4) is 6.07 Å². The monoisotopic (exact) mass is 372 g/mol. The standard InChI is InChI=1S/C19H24N4O4/c1-11(2)21-19(26)22-17(24)10-27-18(25)15(9-20)8-14-7-12(3)23(13(14)4)16-5-6-16/h7-8,11,16H,5-6,10H2,1-4H3,(H2,21,22,24,26)/b15-8+. The number of hydrogen-bond donors (Lipinski definition) is 2. The Hall–Kier alpha value is -3.08. The highest BCUT2D eigenvalue weighted by Gasteiger charge is 2.27. The van der Waals surface area contributed by atoms with E-state index in [-0.39, 0.29) is 11.6 Å². The van der Waals surface area contributed by atoms with Crippen LogP contribution in [0.1, 0.15) is 49.7 Å². The van der Waals surface area contributed by atoms with E-state index in [2.05, 4.69) is 9.88 Å². The lowest BCUT2D eigenvalue weighted by Crippen LogP contribution is -2.44. The predicted molar refractivity (Wildman–Crippen MR) is 98.5 cm³/mol. The molecule has 0 atom stereocenters. The van der Waals surface area contributed by atoms with Gasteiger partial charge in [-0.15, -0.1) is 0 Å². The smallest absolute Gasteiger partial charge is 0.349 e. The summed E-state index contributed by atoms with van der Waals surface area (Å²) in [7, 11) is 0. The Kier molecular flexibility index (Phi) is 6.40. The van der Waals surface area contributed by atoms with Crippen molar-refractivity contribution in [2.45, 2.75) is 52.6 Å². The molecule has 0 aromatic carbocycles. The van der Waals surface area contributed by atoms with Gasteiger partial charge in [0.15, 0.2) is 6.61 Å². The van der Waals surface area contributed by atoms with E-state index in [4.69, 9.17) is 4.74 Å². The quantitative estimate of drug-likeness (QED) is 0.451. The third kappa shape index (κ3) is 5.45. The Morgan fingerprint density at radius 2 is 2.04 bits per heavy atom. The van der Waals surface area contributed by atoms with Crippen LogP contribution >= 0.6 is 0 Å². The summed E-state index contributed by atoms with van der Waals surface area (Å²) in [6.45, 7) is 6.77. The van der Waals surface area contributed by atoms with Crippen LogP contribution in [0, 0.1) is 25.2 Å². The molecule has 0 spiro atoms. The first-order valence-electron chi connectivity index (χ1n) is 8.80. The second-order valence-corrected chi connectivity index (χ2v) is 6.85. The fraction of sp³-hybridized carbons (Fsp3) is 0.474. The molecule has 1 aromatic heterocycles. The molecule has 2 N–H and O–H groups in total. The first-order chi connectivity index (χ1) is 12.7. The minimum absolute atomic E-state index is 0.136. The molecule has 0 bridgehead atoms. The number of rotatable bonds is 6. The first kappa shape index (κ1) is 20.2. The number of nitrogens with zero attached hydrogens (tertiary/aromatic N) is 2. The van der Waals surface area contributed by atoms with Crippen molar-refractivity contribution >= 4 is 24.0 Å². The van der Waals surface area contributed by atoms with Gasteiger partial charge in [-0.3, -0.25) is 10.1 Å². The Morgan fingerprint density at radius 1 is 1.37 bits per heavy atom. The van der Waals surface area contributed by atoms with Crippen LogP contribution in [0.4, 0.5) is 4.79 Å². The number of esters is 1. The number of nitrogens with one attached hydrogen (secondary N) is 2. The largest absolute Gasteiger partial charge is 0.451 e. The summed E-state index contributed by atoms with van der Waals surface area (Å²) >= 11 is 0. The van der Waals surface area contributed by atoms with Gasteiger partial charge in [-0.2, -0.15) is 5.26 Å². The van der Waals surface area contributed by atoms with Crippen LogP contribution < -0.4 is 10.6 Å². The Bertz CT molecular complexity index is 825. The molecule has 1 saturated carbocycles. The van der Waals surface area contributed by atoms with E-state index >= 15 is 0 Å². The number of ether oxygens (including phenoxy) is 1. The number of amides is 3. The topological polar surface area (TPSA) is 113 Å². The minimum atomic E-state index is -0.909. The SMILES string of the molecule is Cc1cc(/C=C(\C#N)C(=O)OCC(=O)NC(=O)NC(C)C)c(C)n1C1CC1.